The topological polar surface area (TPSA) is 65.0 Å². The largest absolute Gasteiger partial charge is 0.422 e. The van der Waals surface area contributed by atoms with Crippen LogP contribution in [0.1, 0.15) is 27.0 Å². The quantitative estimate of drug-likeness (QED) is 0.253. The van der Waals surface area contributed by atoms with Crippen molar-refractivity contribution in [2.24, 2.45) is 4.99 Å². The standard InChI is InChI=1S/C24H15BrClNO4/c1-14-2-4-15(5-3-14)22-27-20(24(29)31-22)13-17-12-18(25)8-11-21(17)30-23(28)16-6-9-19(26)10-7-16/h2-13H,1H3/b20-13+. The smallest absolute Gasteiger partial charge is 0.363 e. The molecule has 31 heavy (non-hydrogen) atoms. The van der Waals surface area contributed by atoms with Gasteiger partial charge in [-0.1, -0.05) is 45.2 Å². The number of halogens is 2. The normalized spacial score (nSPS) is 14.4. The molecule has 0 saturated heterocycles. The zero-order valence-electron chi connectivity index (χ0n) is 16.3. The Morgan fingerprint density at radius 3 is 2.48 bits per heavy atom. The molecule has 0 aromatic heterocycles. The molecule has 5 nitrogen and oxygen atoms in total. The molecule has 7 heteroatoms. The van der Waals surface area contributed by atoms with Crippen LogP contribution in [-0.4, -0.2) is 17.8 Å². The van der Waals surface area contributed by atoms with Gasteiger partial charge in [-0.25, -0.2) is 14.6 Å². The number of aryl methyl sites for hydroxylation is 1. The first-order valence-electron chi connectivity index (χ1n) is 9.26. The van der Waals surface area contributed by atoms with Crippen LogP contribution in [-0.2, 0) is 9.53 Å². The molecule has 0 radical (unpaired) electrons. The molecule has 0 amide bonds. The van der Waals surface area contributed by atoms with Crippen LogP contribution in [0.15, 0.2) is 81.9 Å². The van der Waals surface area contributed by atoms with Gasteiger partial charge in [0.05, 0.1) is 5.56 Å². The fraction of sp³-hybridized carbons (Fsp3) is 0.0417. The number of nitrogens with zero attached hydrogens (tertiary/aromatic N) is 1. The van der Waals surface area contributed by atoms with Gasteiger partial charge in [0.25, 0.3) is 0 Å². The molecule has 0 bridgehead atoms. The van der Waals surface area contributed by atoms with Gasteiger partial charge in [-0.15, -0.1) is 0 Å². The predicted molar refractivity (Wildman–Crippen MR) is 122 cm³/mol. The molecule has 0 atom stereocenters. The van der Waals surface area contributed by atoms with E-state index in [-0.39, 0.29) is 17.3 Å². The summed E-state index contributed by atoms with van der Waals surface area (Å²) in [4.78, 5) is 29.2. The maximum absolute atomic E-state index is 12.5. The Morgan fingerprint density at radius 1 is 1.06 bits per heavy atom. The van der Waals surface area contributed by atoms with Gasteiger partial charge in [0, 0.05) is 20.6 Å². The highest BCUT2D eigenvalue weighted by Gasteiger charge is 2.25. The summed E-state index contributed by atoms with van der Waals surface area (Å²) in [7, 11) is 0. The number of carbonyl (C=O) groups excluding carboxylic acids is 2. The number of hydrogen-bond acceptors (Lipinski definition) is 5. The Hall–Kier alpha value is -3.22. The van der Waals surface area contributed by atoms with Crippen molar-refractivity contribution in [2.45, 2.75) is 6.92 Å². The number of carbonyl (C=O) groups is 2. The molecular formula is C24H15BrClNO4. The van der Waals surface area contributed by atoms with Crippen molar-refractivity contribution in [3.8, 4) is 5.75 Å². The van der Waals surface area contributed by atoms with Gasteiger partial charge in [-0.3, -0.25) is 0 Å². The van der Waals surface area contributed by atoms with E-state index in [1.54, 1.807) is 42.5 Å². The first-order chi connectivity index (χ1) is 14.9. The number of hydrogen-bond donors (Lipinski definition) is 0. The van der Waals surface area contributed by atoms with E-state index >= 15 is 0 Å². The van der Waals surface area contributed by atoms with Crippen LogP contribution in [0.2, 0.25) is 5.02 Å². The second kappa shape index (κ2) is 8.88. The number of rotatable bonds is 4. The molecule has 3 aromatic carbocycles. The first-order valence-corrected chi connectivity index (χ1v) is 10.4. The Bertz CT molecular complexity index is 1230. The van der Waals surface area contributed by atoms with Crippen molar-refractivity contribution in [1.29, 1.82) is 0 Å². The monoisotopic (exact) mass is 495 g/mol. The summed E-state index contributed by atoms with van der Waals surface area (Å²) in [5.74, 6) is -0.615. The van der Waals surface area contributed by atoms with Crippen LogP contribution in [0.4, 0.5) is 0 Å². The molecule has 1 aliphatic rings. The van der Waals surface area contributed by atoms with Crippen molar-refractivity contribution in [3.63, 3.8) is 0 Å². The maximum Gasteiger partial charge on any atom is 0.363 e. The zero-order chi connectivity index (χ0) is 22.0. The summed E-state index contributed by atoms with van der Waals surface area (Å²) in [5, 5.41) is 0.521. The molecule has 154 valence electrons. The van der Waals surface area contributed by atoms with Crippen LogP contribution < -0.4 is 4.74 Å². The number of ether oxygens (including phenoxy) is 2. The van der Waals surface area contributed by atoms with E-state index in [0.717, 1.165) is 10.0 Å². The van der Waals surface area contributed by atoms with E-state index in [0.29, 0.717) is 21.7 Å². The molecule has 0 aliphatic carbocycles. The van der Waals surface area contributed by atoms with E-state index in [2.05, 4.69) is 20.9 Å². The molecule has 0 saturated carbocycles. The molecule has 0 N–H and O–H groups in total. The number of aliphatic imine (C=N–C) groups is 1. The maximum atomic E-state index is 12.5. The van der Waals surface area contributed by atoms with Crippen molar-refractivity contribution in [3.05, 3.63) is 104 Å². The van der Waals surface area contributed by atoms with Crippen molar-refractivity contribution >= 4 is 51.4 Å². The van der Waals surface area contributed by atoms with Gasteiger partial charge in [0.2, 0.25) is 5.90 Å². The minimum atomic E-state index is -0.578. The molecule has 1 heterocycles. The molecule has 4 rings (SSSR count). The van der Waals surface area contributed by atoms with Gasteiger partial charge in [0.1, 0.15) is 5.75 Å². The molecule has 3 aromatic rings. The Morgan fingerprint density at radius 2 is 1.77 bits per heavy atom. The fourth-order valence-corrected chi connectivity index (χ4v) is 3.35. The summed E-state index contributed by atoms with van der Waals surface area (Å²) in [5.41, 5.74) is 2.75. The minimum absolute atomic E-state index is 0.109. The average molecular weight is 497 g/mol. The molecule has 0 unspecified atom stereocenters. The number of cyclic esters (lactones) is 1. The third-order valence-corrected chi connectivity index (χ3v) is 5.21. The lowest BCUT2D eigenvalue weighted by molar-refractivity contribution is -0.129. The van der Waals surface area contributed by atoms with Gasteiger partial charge < -0.3 is 9.47 Å². The van der Waals surface area contributed by atoms with Crippen molar-refractivity contribution in [1.82, 2.24) is 0 Å². The zero-order valence-corrected chi connectivity index (χ0v) is 18.6. The molecule has 0 fully saturated rings. The summed E-state index contributed by atoms with van der Waals surface area (Å²) in [6.45, 7) is 1.97. The lowest BCUT2D eigenvalue weighted by Gasteiger charge is -2.08. The number of benzene rings is 3. The van der Waals surface area contributed by atoms with E-state index in [1.807, 2.05) is 31.2 Å². The fourth-order valence-electron chi connectivity index (χ4n) is 2.85. The lowest BCUT2D eigenvalue weighted by atomic mass is 10.1. The van der Waals surface area contributed by atoms with Crippen LogP contribution in [0, 0.1) is 6.92 Å². The van der Waals surface area contributed by atoms with E-state index in [9.17, 15) is 9.59 Å². The Kier molecular flexibility index (Phi) is 6.02. The van der Waals surface area contributed by atoms with Gasteiger partial charge >= 0.3 is 11.9 Å². The molecular weight excluding hydrogens is 482 g/mol. The minimum Gasteiger partial charge on any atom is -0.422 e. The molecule has 0 spiro atoms. The summed E-state index contributed by atoms with van der Waals surface area (Å²) >= 11 is 9.27. The summed E-state index contributed by atoms with van der Waals surface area (Å²) in [6.07, 6.45) is 1.53. The van der Waals surface area contributed by atoms with E-state index in [4.69, 9.17) is 21.1 Å². The Balaban J connectivity index is 1.64. The van der Waals surface area contributed by atoms with Gasteiger partial charge in [-0.05, 0) is 67.6 Å². The molecule has 1 aliphatic heterocycles. The second-order valence-corrected chi connectivity index (χ2v) is 8.13. The van der Waals surface area contributed by atoms with Crippen LogP contribution >= 0.6 is 27.5 Å². The van der Waals surface area contributed by atoms with Crippen LogP contribution in [0.3, 0.4) is 0 Å². The highest BCUT2D eigenvalue weighted by atomic mass is 79.9. The lowest BCUT2D eigenvalue weighted by Crippen LogP contribution is -2.09. The Labute approximate surface area is 192 Å². The average Bonchev–Trinajstić information content (AvgIpc) is 3.11. The van der Waals surface area contributed by atoms with Crippen molar-refractivity contribution in [2.75, 3.05) is 0 Å². The number of esters is 2. The van der Waals surface area contributed by atoms with Crippen LogP contribution in [0.25, 0.3) is 6.08 Å². The van der Waals surface area contributed by atoms with E-state index < -0.39 is 11.9 Å². The van der Waals surface area contributed by atoms with Crippen molar-refractivity contribution < 1.29 is 19.1 Å². The van der Waals surface area contributed by atoms with Gasteiger partial charge in [-0.2, -0.15) is 0 Å². The predicted octanol–water partition coefficient (Wildman–Crippen LogP) is 5.97. The highest BCUT2D eigenvalue weighted by molar-refractivity contribution is 9.10. The summed E-state index contributed by atoms with van der Waals surface area (Å²) in [6, 6.07) is 19.0. The highest BCUT2D eigenvalue weighted by Crippen LogP contribution is 2.28. The summed E-state index contributed by atoms with van der Waals surface area (Å²) < 4.78 is 11.6. The first kappa shape index (κ1) is 21.0. The SMILES string of the molecule is Cc1ccc(C2=N/C(=C/c3cc(Br)ccc3OC(=O)c3ccc(Cl)cc3)C(=O)O2)cc1. The van der Waals surface area contributed by atoms with Gasteiger partial charge in [0.15, 0.2) is 5.70 Å². The van der Waals surface area contributed by atoms with E-state index in [1.165, 1.54) is 6.08 Å². The second-order valence-electron chi connectivity index (χ2n) is 6.78. The third kappa shape index (κ3) is 4.93. The van der Waals surface area contributed by atoms with Crippen LogP contribution in [0.5, 0.6) is 5.75 Å². The third-order valence-electron chi connectivity index (χ3n) is 4.47.